The van der Waals surface area contributed by atoms with Crippen molar-refractivity contribution in [3.8, 4) is 0 Å². The first-order valence-corrected chi connectivity index (χ1v) is 18.2. The lowest BCUT2D eigenvalue weighted by Crippen LogP contribution is -2.37. The van der Waals surface area contributed by atoms with Crippen LogP contribution in [0.5, 0.6) is 0 Å². The van der Waals surface area contributed by atoms with Crippen LogP contribution in [0.15, 0.2) is 12.2 Å². The molecule has 248 valence electrons. The minimum atomic E-state index is -1.48. The van der Waals surface area contributed by atoms with E-state index in [9.17, 15) is 19.8 Å². The number of Topliss-reactive ketones (excluding diaryl/α,β-unsaturated/α-hetero) is 1. The van der Waals surface area contributed by atoms with Crippen LogP contribution >= 0.6 is 0 Å². The molecule has 0 saturated heterocycles. The highest BCUT2D eigenvalue weighted by molar-refractivity contribution is 5.83. The van der Waals surface area contributed by atoms with Gasteiger partial charge in [-0.05, 0) is 38.5 Å². The van der Waals surface area contributed by atoms with Gasteiger partial charge in [0.05, 0.1) is 0 Å². The van der Waals surface area contributed by atoms with Crippen molar-refractivity contribution in [3.05, 3.63) is 12.2 Å². The first-order valence-electron chi connectivity index (χ1n) is 18.2. The van der Waals surface area contributed by atoms with Crippen molar-refractivity contribution in [1.29, 1.82) is 0 Å². The van der Waals surface area contributed by atoms with Gasteiger partial charge in [0, 0.05) is 12.8 Å². The lowest BCUT2D eigenvalue weighted by Gasteiger charge is -2.16. The molecule has 0 fully saturated rings. The van der Waals surface area contributed by atoms with E-state index in [0.717, 1.165) is 44.9 Å². The molecule has 5 nitrogen and oxygen atoms in total. The minimum Gasteiger partial charge on any atom is -0.463 e. The zero-order valence-electron chi connectivity index (χ0n) is 27.9. The fourth-order valence-electron chi connectivity index (χ4n) is 5.36. The summed E-state index contributed by atoms with van der Waals surface area (Å²) in [6.45, 7) is 4.18. The van der Waals surface area contributed by atoms with Crippen molar-refractivity contribution in [1.82, 2.24) is 0 Å². The summed E-state index contributed by atoms with van der Waals surface area (Å²) in [5.74, 6) is -0.735. The largest absolute Gasteiger partial charge is 0.463 e. The first kappa shape index (κ1) is 40.8. The van der Waals surface area contributed by atoms with Crippen LogP contribution in [0.2, 0.25) is 0 Å². The van der Waals surface area contributed by atoms with Gasteiger partial charge in [-0.25, -0.2) is 0 Å². The molecule has 5 heteroatoms. The normalized spacial score (nSPS) is 13.0. The van der Waals surface area contributed by atoms with Gasteiger partial charge in [0.1, 0.15) is 18.8 Å². The van der Waals surface area contributed by atoms with Crippen LogP contribution in [0.25, 0.3) is 0 Å². The van der Waals surface area contributed by atoms with Gasteiger partial charge in [-0.15, -0.1) is 0 Å². The monoisotopic (exact) mass is 595 g/mol. The van der Waals surface area contributed by atoms with Gasteiger partial charge < -0.3 is 14.9 Å². The molecule has 0 radical (unpaired) electrons. The van der Waals surface area contributed by atoms with Crippen LogP contribution in [0.3, 0.4) is 0 Å². The molecular weight excluding hydrogens is 524 g/mol. The van der Waals surface area contributed by atoms with Crippen molar-refractivity contribution in [2.24, 2.45) is 0 Å². The molecule has 0 bridgehead atoms. The van der Waals surface area contributed by atoms with E-state index in [-0.39, 0.29) is 24.8 Å². The van der Waals surface area contributed by atoms with Crippen LogP contribution in [-0.2, 0) is 14.3 Å². The molecule has 0 saturated carbocycles. The number of ketones is 1. The third kappa shape index (κ3) is 28.9. The second kappa shape index (κ2) is 32.7. The topological polar surface area (TPSA) is 83.8 Å². The van der Waals surface area contributed by atoms with E-state index < -0.39 is 12.2 Å². The minimum absolute atomic E-state index is 0.263. The highest BCUT2D eigenvalue weighted by Gasteiger charge is 2.24. The molecule has 0 aliphatic heterocycles. The van der Waals surface area contributed by atoms with Gasteiger partial charge in [-0.2, -0.15) is 0 Å². The smallest absolute Gasteiger partial charge is 0.305 e. The molecule has 2 unspecified atom stereocenters. The van der Waals surface area contributed by atoms with Gasteiger partial charge in [-0.3, -0.25) is 9.59 Å². The quantitative estimate of drug-likeness (QED) is 0.0448. The predicted octanol–water partition coefficient (Wildman–Crippen LogP) is 10.3. The molecule has 0 amide bonds. The number of hydrogen-bond donors (Lipinski definition) is 2. The molecule has 0 rings (SSSR count). The fourth-order valence-corrected chi connectivity index (χ4v) is 5.36. The van der Waals surface area contributed by atoms with Crippen molar-refractivity contribution in [2.45, 2.75) is 206 Å². The Hall–Kier alpha value is -1.20. The van der Waals surface area contributed by atoms with E-state index in [0.29, 0.717) is 6.42 Å². The Balaban J connectivity index is 3.57. The number of allylic oxidation sites excluding steroid dienone is 2. The van der Waals surface area contributed by atoms with E-state index in [1.54, 1.807) is 0 Å². The van der Waals surface area contributed by atoms with E-state index in [1.165, 1.54) is 122 Å². The van der Waals surface area contributed by atoms with Crippen LogP contribution in [0.4, 0.5) is 0 Å². The van der Waals surface area contributed by atoms with Crippen molar-refractivity contribution in [3.63, 3.8) is 0 Å². The van der Waals surface area contributed by atoms with E-state index in [2.05, 4.69) is 26.0 Å². The summed E-state index contributed by atoms with van der Waals surface area (Å²) in [5, 5.41) is 20.2. The van der Waals surface area contributed by atoms with Gasteiger partial charge in [0.15, 0.2) is 5.78 Å². The number of carbonyl (C=O) groups is 2. The number of rotatable bonds is 33. The summed E-state index contributed by atoms with van der Waals surface area (Å²) in [6.07, 6.45) is 34.1. The lowest BCUT2D eigenvalue weighted by atomic mass is 10.0. The van der Waals surface area contributed by atoms with Gasteiger partial charge in [0.2, 0.25) is 0 Å². The summed E-state index contributed by atoms with van der Waals surface area (Å²) in [7, 11) is 0. The average Bonchev–Trinajstić information content (AvgIpc) is 2.99. The zero-order valence-corrected chi connectivity index (χ0v) is 27.9. The molecule has 0 heterocycles. The molecule has 0 aliphatic rings. The van der Waals surface area contributed by atoms with E-state index in [4.69, 9.17) is 4.74 Å². The Morgan fingerprint density at radius 2 is 0.881 bits per heavy atom. The third-order valence-corrected chi connectivity index (χ3v) is 8.28. The van der Waals surface area contributed by atoms with Crippen LogP contribution < -0.4 is 0 Å². The highest BCUT2D eigenvalue weighted by atomic mass is 16.5. The fraction of sp³-hybridized carbons (Fsp3) is 0.892. The van der Waals surface area contributed by atoms with Crippen LogP contribution in [0, 0.1) is 0 Å². The number of ether oxygens (including phenoxy) is 1. The second-order valence-corrected chi connectivity index (χ2v) is 12.5. The number of aliphatic hydroxyl groups is 2. The number of carbonyl (C=O) groups excluding carboxylic acids is 2. The first-order chi connectivity index (χ1) is 20.5. The van der Waals surface area contributed by atoms with Gasteiger partial charge in [-0.1, -0.05) is 154 Å². The summed E-state index contributed by atoms with van der Waals surface area (Å²) in [5.41, 5.74) is 0. The maximum absolute atomic E-state index is 12.2. The summed E-state index contributed by atoms with van der Waals surface area (Å²) in [6, 6.07) is 0. The molecule has 0 spiro atoms. The second-order valence-electron chi connectivity index (χ2n) is 12.5. The number of aliphatic hydroxyl groups excluding tert-OH is 2. The van der Waals surface area contributed by atoms with Crippen molar-refractivity contribution in [2.75, 3.05) is 6.61 Å². The molecule has 0 aliphatic carbocycles. The molecule has 2 atom stereocenters. The molecule has 0 aromatic heterocycles. The average molecular weight is 595 g/mol. The molecule has 2 N–H and O–H groups in total. The lowest BCUT2D eigenvalue weighted by molar-refractivity contribution is -0.152. The molecule has 0 aromatic carbocycles. The Kier molecular flexibility index (Phi) is 31.8. The van der Waals surface area contributed by atoms with Crippen molar-refractivity contribution >= 4 is 11.8 Å². The molecular formula is C37H70O5. The maximum atomic E-state index is 12.2. The van der Waals surface area contributed by atoms with Crippen LogP contribution in [0.1, 0.15) is 194 Å². The van der Waals surface area contributed by atoms with Gasteiger partial charge >= 0.3 is 5.97 Å². The Morgan fingerprint density at radius 3 is 1.31 bits per heavy atom. The number of unbranched alkanes of at least 4 members (excludes halogenated alkanes) is 23. The molecule has 42 heavy (non-hydrogen) atoms. The highest BCUT2D eigenvalue weighted by Crippen LogP contribution is 2.14. The van der Waals surface area contributed by atoms with E-state index >= 15 is 0 Å². The third-order valence-electron chi connectivity index (χ3n) is 8.28. The Bertz CT molecular complexity index is 617. The zero-order chi connectivity index (χ0) is 30.9. The predicted molar refractivity (Wildman–Crippen MR) is 178 cm³/mol. The molecule has 0 aromatic rings. The van der Waals surface area contributed by atoms with Gasteiger partial charge in [0.25, 0.3) is 0 Å². The number of esters is 1. The van der Waals surface area contributed by atoms with E-state index in [1.807, 2.05) is 0 Å². The summed E-state index contributed by atoms with van der Waals surface area (Å²) >= 11 is 0. The standard InChI is InChI=1S/C37H70O5/c1-3-5-7-9-11-13-15-17-18-20-22-24-26-28-30-32-36(40)42-33-35(39)37(41)34(38)31-29-27-25-23-21-19-16-14-12-10-8-6-4-2/h17-18,35,37,39,41H,3-16,19-33H2,1-2H3/b18-17-. The number of hydrogen-bond acceptors (Lipinski definition) is 5. The van der Waals surface area contributed by atoms with Crippen LogP contribution in [-0.4, -0.2) is 40.8 Å². The van der Waals surface area contributed by atoms with Crippen molar-refractivity contribution < 1.29 is 24.5 Å². The summed E-state index contributed by atoms with van der Waals surface area (Å²) in [4.78, 5) is 24.2. The summed E-state index contributed by atoms with van der Waals surface area (Å²) < 4.78 is 5.11. The Morgan fingerprint density at radius 1 is 0.524 bits per heavy atom. The SMILES string of the molecule is CCCCCCCC/C=C\CCCCCCCC(=O)OCC(O)C(O)C(=O)CCCCCCCCCCCCCCC. The maximum Gasteiger partial charge on any atom is 0.305 e. The Labute approximate surface area is 260 Å².